The maximum Gasteiger partial charge on any atom is 0.142 e. The molecule has 4 rings (SSSR count). The minimum Gasteiger partial charge on any atom is -0.495 e. The first-order valence-corrected chi connectivity index (χ1v) is 10.9. The van der Waals surface area contributed by atoms with Crippen LogP contribution < -0.4 is 9.64 Å². The predicted molar refractivity (Wildman–Crippen MR) is 122 cm³/mol. The molecule has 2 heterocycles. The van der Waals surface area contributed by atoms with E-state index >= 15 is 0 Å². The fourth-order valence-corrected chi connectivity index (χ4v) is 4.62. The minimum atomic E-state index is 0.689. The van der Waals surface area contributed by atoms with Gasteiger partial charge in [-0.3, -0.25) is 9.80 Å². The maximum absolute atomic E-state index is 5.56. The molecule has 4 heteroatoms. The van der Waals surface area contributed by atoms with Crippen LogP contribution >= 0.6 is 0 Å². The van der Waals surface area contributed by atoms with Crippen molar-refractivity contribution in [3.05, 3.63) is 66.2 Å². The number of para-hydroxylation sites is 2. The molecule has 154 valence electrons. The van der Waals surface area contributed by atoms with Crippen LogP contribution in [0.4, 0.5) is 5.69 Å². The van der Waals surface area contributed by atoms with Crippen molar-refractivity contribution in [2.75, 3.05) is 57.8 Å². The SMILES string of the molecule is COc1ccccc1N1CCN([C@@H]2CCCN(C/C=C/c3ccccc3)C2)CC1. The number of anilines is 1. The first-order valence-electron chi connectivity index (χ1n) is 10.9. The lowest BCUT2D eigenvalue weighted by Gasteiger charge is -2.44. The van der Waals surface area contributed by atoms with Crippen LogP contribution in [0.2, 0.25) is 0 Å². The molecule has 0 saturated carbocycles. The van der Waals surface area contributed by atoms with Gasteiger partial charge in [0.15, 0.2) is 0 Å². The highest BCUT2D eigenvalue weighted by molar-refractivity contribution is 5.58. The smallest absolute Gasteiger partial charge is 0.142 e. The average molecular weight is 392 g/mol. The molecule has 0 spiro atoms. The van der Waals surface area contributed by atoms with Crippen LogP contribution in [0.3, 0.4) is 0 Å². The number of hydrogen-bond acceptors (Lipinski definition) is 4. The molecule has 2 aromatic carbocycles. The second kappa shape index (κ2) is 9.95. The molecule has 1 atom stereocenters. The molecule has 2 aliphatic rings. The van der Waals surface area contributed by atoms with Gasteiger partial charge in [-0.05, 0) is 37.1 Å². The van der Waals surface area contributed by atoms with Crippen LogP contribution in [-0.2, 0) is 0 Å². The second-order valence-electron chi connectivity index (χ2n) is 8.06. The standard InChI is InChI=1S/C25H33N3O/c1-29-25-14-6-5-13-24(25)28-19-17-27(18-20-28)23-12-8-16-26(21-23)15-7-11-22-9-3-2-4-10-22/h2-7,9-11,13-14,23H,8,12,15-21H2,1H3/b11-7+/t23-/m1/s1. The van der Waals surface area contributed by atoms with E-state index in [0.29, 0.717) is 6.04 Å². The van der Waals surface area contributed by atoms with Gasteiger partial charge < -0.3 is 9.64 Å². The van der Waals surface area contributed by atoms with Gasteiger partial charge in [0.2, 0.25) is 0 Å². The van der Waals surface area contributed by atoms with Gasteiger partial charge >= 0.3 is 0 Å². The molecule has 2 saturated heterocycles. The molecule has 4 nitrogen and oxygen atoms in total. The summed E-state index contributed by atoms with van der Waals surface area (Å²) in [5.41, 5.74) is 2.51. The van der Waals surface area contributed by atoms with Crippen molar-refractivity contribution in [3.63, 3.8) is 0 Å². The monoisotopic (exact) mass is 391 g/mol. The molecule has 2 fully saturated rings. The summed E-state index contributed by atoms with van der Waals surface area (Å²) in [6, 6.07) is 19.7. The van der Waals surface area contributed by atoms with Crippen LogP contribution in [0, 0.1) is 0 Å². The van der Waals surface area contributed by atoms with Crippen molar-refractivity contribution in [2.24, 2.45) is 0 Å². The van der Waals surface area contributed by atoms with E-state index in [9.17, 15) is 0 Å². The lowest BCUT2D eigenvalue weighted by Crippen LogP contribution is -2.55. The summed E-state index contributed by atoms with van der Waals surface area (Å²) in [5, 5.41) is 0. The second-order valence-corrected chi connectivity index (χ2v) is 8.06. The molecular weight excluding hydrogens is 358 g/mol. The number of methoxy groups -OCH3 is 1. The zero-order valence-corrected chi connectivity index (χ0v) is 17.5. The molecule has 0 bridgehead atoms. The Labute approximate surface area is 175 Å². The summed E-state index contributed by atoms with van der Waals surface area (Å²) in [4.78, 5) is 7.79. The Morgan fingerprint density at radius 2 is 1.69 bits per heavy atom. The highest BCUT2D eigenvalue weighted by atomic mass is 16.5. The third kappa shape index (κ3) is 5.20. The third-order valence-corrected chi connectivity index (χ3v) is 6.21. The molecule has 0 aliphatic carbocycles. The fourth-order valence-electron chi connectivity index (χ4n) is 4.62. The van der Waals surface area contributed by atoms with Gasteiger partial charge in [-0.1, -0.05) is 54.6 Å². The normalized spacial score (nSPS) is 21.6. The first-order chi connectivity index (χ1) is 14.3. The van der Waals surface area contributed by atoms with E-state index in [1.807, 2.05) is 6.07 Å². The summed E-state index contributed by atoms with van der Waals surface area (Å²) in [6.07, 6.45) is 7.19. The molecular formula is C25H33N3O. The van der Waals surface area contributed by atoms with Crippen molar-refractivity contribution >= 4 is 11.8 Å². The van der Waals surface area contributed by atoms with Gasteiger partial charge in [0, 0.05) is 45.3 Å². The topological polar surface area (TPSA) is 19.0 Å². The number of hydrogen-bond donors (Lipinski definition) is 0. The molecule has 0 N–H and O–H groups in total. The largest absolute Gasteiger partial charge is 0.495 e. The van der Waals surface area contributed by atoms with Gasteiger partial charge in [-0.15, -0.1) is 0 Å². The van der Waals surface area contributed by atoms with Gasteiger partial charge in [0.1, 0.15) is 5.75 Å². The average Bonchev–Trinajstić information content (AvgIpc) is 2.80. The number of piperazine rings is 1. The molecule has 0 amide bonds. The fraction of sp³-hybridized carbons (Fsp3) is 0.440. The number of benzene rings is 2. The summed E-state index contributed by atoms with van der Waals surface area (Å²) in [5.74, 6) is 0.981. The van der Waals surface area contributed by atoms with E-state index in [1.54, 1.807) is 7.11 Å². The van der Waals surface area contributed by atoms with Gasteiger partial charge in [0.25, 0.3) is 0 Å². The molecule has 0 radical (unpaired) electrons. The van der Waals surface area contributed by atoms with Crippen LogP contribution in [0.5, 0.6) is 5.75 Å². The Kier molecular flexibility index (Phi) is 6.86. The van der Waals surface area contributed by atoms with E-state index in [0.717, 1.165) is 38.5 Å². The Morgan fingerprint density at radius 1 is 0.931 bits per heavy atom. The van der Waals surface area contributed by atoms with Crippen molar-refractivity contribution < 1.29 is 4.74 Å². The highest BCUT2D eigenvalue weighted by Gasteiger charge is 2.28. The quantitative estimate of drug-likeness (QED) is 0.741. The van der Waals surface area contributed by atoms with Gasteiger partial charge in [-0.25, -0.2) is 0 Å². The number of rotatable bonds is 6. The molecule has 2 aliphatic heterocycles. The van der Waals surface area contributed by atoms with E-state index in [4.69, 9.17) is 4.74 Å². The Balaban J connectivity index is 1.28. The number of piperidine rings is 1. The van der Waals surface area contributed by atoms with Crippen LogP contribution in [0.1, 0.15) is 18.4 Å². The Hall–Kier alpha value is -2.30. The Morgan fingerprint density at radius 3 is 2.48 bits per heavy atom. The zero-order valence-electron chi connectivity index (χ0n) is 17.5. The van der Waals surface area contributed by atoms with Crippen LogP contribution in [-0.4, -0.2) is 68.8 Å². The third-order valence-electron chi connectivity index (χ3n) is 6.21. The molecule has 2 aromatic rings. The summed E-state index contributed by atoms with van der Waals surface area (Å²) < 4.78 is 5.56. The van der Waals surface area contributed by atoms with Gasteiger partial charge in [-0.2, -0.15) is 0 Å². The predicted octanol–water partition coefficient (Wildman–Crippen LogP) is 4.00. The molecule has 0 aromatic heterocycles. The summed E-state index contributed by atoms with van der Waals surface area (Å²) >= 11 is 0. The van der Waals surface area contributed by atoms with Crippen LogP contribution in [0.25, 0.3) is 6.08 Å². The molecule has 29 heavy (non-hydrogen) atoms. The number of likely N-dealkylation sites (tertiary alicyclic amines) is 1. The minimum absolute atomic E-state index is 0.689. The van der Waals surface area contributed by atoms with E-state index in [2.05, 4.69) is 75.4 Å². The van der Waals surface area contributed by atoms with Crippen molar-refractivity contribution in [1.82, 2.24) is 9.80 Å². The lowest BCUT2D eigenvalue weighted by atomic mass is 10.0. The maximum atomic E-state index is 5.56. The van der Waals surface area contributed by atoms with Gasteiger partial charge in [0.05, 0.1) is 12.8 Å². The number of nitrogens with zero attached hydrogens (tertiary/aromatic N) is 3. The van der Waals surface area contributed by atoms with E-state index in [1.165, 1.54) is 37.2 Å². The van der Waals surface area contributed by atoms with E-state index in [-0.39, 0.29) is 0 Å². The lowest BCUT2D eigenvalue weighted by molar-refractivity contribution is 0.0991. The number of ether oxygens (including phenoxy) is 1. The van der Waals surface area contributed by atoms with Crippen molar-refractivity contribution in [3.8, 4) is 5.75 Å². The van der Waals surface area contributed by atoms with Crippen molar-refractivity contribution in [1.29, 1.82) is 0 Å². The first kappa shape index (κ1) is 20.0. The zero-order chi connectivity index (χ0) is 19.9. The summed E-state index contributed by atoms with van der Waals surface area (Å²) in [6.45, 7) is 7.87. The molecule has 0 unspecified atom stereocenters. The van der Waals surface area contributed by atoms with E-state index < -0.39 is 0 Å². The Bertz CT molecular complexity index is 784. The van der Waals surface area contributed by atoms with Crippen molar-refractivity contribution in [2.45, 2.75) is 18.9 Å². The van der Waals surface area contributed by atoms with Crippen LogP contribution in [0.15, 0.2) is 60.7 Å². The highest BCUT2D eigenvalue weighted by Crippen LogP contribution is 2.29. The summed E-state index contributed by atoms with van der Waals surface area (Å²) in [7, 11) is 1.76.